The van der Waals surface area contributed by atoms with E-state index in [4.69, 9.17) is 11.1 Å². The van der Waals surface area contributed by atoms with Crippen LogP contribution in [0.2, 0.25) is 0 Å². The van der Waals surface area contributed by atoms with Crippen molar-refractivity contribution in [2.75, 3.05) is 0 Å². The number of rotatable bonds is 8. The Morgan fingerprint density at radius 1 is 1.21 bits per heavy atom. The second-order valence-corrected chi connectivity index (χ2v) is 8.74. The van der Waals surface area contributed by atoms with E-state index in [0.29, 0.717) is 29.5 Å². The Morgan fingerprint density at radius 3 is 2.70 bits per heavy atom. The fourth-order valence-corrected chi connectivity index (χ4v) is 4.87. The molecule has 5 N–H and O–H groups in total. The van der Waals surface area contributed by atoms with Crippen molar-refractivity contribution in [1.29, 1.82) is 5.41 Å². The maximum atomic E-state index is 14.0. The largest absolute Gasteiger partial charge is 0.480 e. The van der Waals surface area contributed by atoms with E-state index >= 15 is 0 Å². The molecule has 3 atom stereocenters. The minimum Gasteiger partial charge on any atom is -0.480 e. The quantitative estimate of drug-likeness (QED) is 0.309. The van der Waals surface area contributed by atoms with Crippen molar-refractivity contribution in [1.82, 2.24) is 9.88 Å². The predicted octanol–water partition coefficient (Wildman–Crippen LogP) is 3.89. The zero-order valence-electron chi connectivity index (χ0n) is 18.8. The molecule has 1 aromatic heterocycles. The molecule has 3 unspecified atom stereocenters. The van der Waals surface area contributed by atoms with Gasteiger partial charge < -0.3 is 15.4 Å². The maximum absolute atomic E-state index is 14.0. The lowest BCUT2D eigenvalue weighted by molar-refractivity contribution is -0.139. The highest BCUT2D eigenvalue weighted by atomic mass is 16.4. The number of nitrogens with two attached hydrogens (primary N) is 1. The highest BCUT2D eigenvalue weighted by Crippen LogP contribution is 2.31. The molecule has 0 bridgehead atoms. The SMILES string of the molecule is CCCCC(C1CCC(C(=O)O)N1)n1c(=O)c(-c2cccc(C(=N)N)c2)cc2ccccc21. The number of pyridine rings is 1. The Labute approximate surface area is 192 Å². The first-order valence-corrected chi connectivity index (χ1v) is 11.5. The van der Waals surface area contributed by atoms with Crippen LogP contribution in [-0.4, -0.2) is 33.6 Å². The van der Waals surface area contributed by atoms with Crippen molar-refractivity contribution in [3.05, 3.63) is 70.5 Å². The van der Waals surface area contributed by atoms with Gasteiger partial charge in [-0.25, -0.2) is 0 Å². The summed E-state index contributed by atoms with van der Waals surface area (Å²) in [5, 5.41) is 21.5. The Morgan fingerprint density at radius 2 is 2.00 bits per heavy atom. The van der Waals surface area contributed by atoms with Crippen LogP contribution in [0.1, 0.15) is 50.6 Å². The van der Waals surface area contributed by atoms with E-state index in [0.717, 1.165) is 30.2 Å². The zero-order valence-corrected chi connectivity index (χ0v) is 18.8. The molecular formula is C26H30N4O3. The fraction of sp³-hybridized carbons (Fsp3) is 0.346. The van der Waals surface area contributed by atoms with Gasteiger partial charge in [0.05, 0.1) is 11.6 Å². The normalized spacial score (nSPS) is 18.9. The summed E-state index contributed by atoms with van der Waals surface area (Å²) >= 11 is 0. The third kappa shape index (κ3) is 4.54. The van der Waals surface area contributed by atoms with Crippen LogP contribution in [0, 0.1) is 5.41 Å². The number of para-hydroxylation sites is 1. The third-order valence-electron chi connectivity index (χ3n) is 6.56. The van der Waals surface area contributed by atoms with Crippen molar-refractivity contribution in [2.24, 2.45) is 5.73 Å². The molecule has 0 aliphatic carbocycles. The first-order valence-electron chi connectivity index (χ1n) is 11.5. The maximum Gasteiger partial charge on any atom is 0.320 e. The number of carbonyl (C=O) groups is 1. The Balaban J connectivity index is 1.90. The second kappa shape index (κ2) is 9.58. The molecule has 2 heterocycles. The lowest BCUT2D eigenvalue weighted by Gasteiger charge is -2.29. The van der Waals surface area contributed by atoms with Crippen LogP contribution in [-0.2, 0) is 4.79 Å². The van der Waals surface area contributed by atoms with Crippen molar-refractivity contribution in [3.8, 4) is 11.1 Å². The van der Waals surface area contributed by atoms with Crippen LogP contribution in [0.25, 0.3) is 22.0 Å². The smallest absolute Gasteiger partial charge is 0.320 e. The monoisotopic (exact) mass is 446 g/mol. The number of nitrogen functional groups attached to an aromatic ring is 1. The van der Waals surface area contributed by atoms with Gasteiger partial charge in [0.15, 0.2) is 0 Å². The van der Waals surface area contributed by atoms with Crippen LogP contribution in [0.4, 0.5) is 0 Å². The van der Waals surface area contributed by atoms with Gasteiger partial charge in [0.1, 0.15) is 11.9 Å². The summed E-state index contributed by atoms with van der Waals surface area (Å²) in [6.45, 7) is 2.11. The van der Waals surface area contributed by atoms with Gasteiger partial charge in [0.25, 0.3) is 5.56 Å². The van der Waals surface area contributed by atoms with Crippen LogP contribution in [0.3, 0.4) is 0 Å². The summed E-state index contributed by atoms with van der Waals surface area (Å²) in [6.07, 6.45) is 3.96. The number of benzene rings is 2. The average molecular weight is 447 g/mol. The van der Waals surface area contributed by atoms with Gasteiger partial charge in [-0.15, -0.1) is 0 Å². The van der Waals surface area contributed by atoms with Crippen LogP contribution >= 0.6 is 0 Å². The molecule has 1 saturated heterocycles. The van der Waals surface area contributed by atoms with Crippen LogP contribution in [0.5, 0.6) is 0 Å². The number of nitrogens with one attached hydrogen (secondary N) is 2. The number of carboxylic acids is 1. The number of aromatic nitrogens is 1. The van der Waals surface area contributed by atoms with E-state index in [2.05, 4.69) is 12.2 Å². The van der Waals surface area contributed by atoms with Gasteiger partial charge in [-0.2, -0.15) is 0 Å². The number of unbranched alkanes of at least 4 members (excludes halogenated alkanes) is 1. The Bertz CT molecular complexity index is 1250. The fourth-order valence-electron chi connectivity index (χ4n) is 4.87. The van der Waals surface area contributed by atoms with E-state index < -0.39 is 12.0 Å². The number of nitrogens with zero attached hydrogens (tertiary/aromatic N) is 1. The van der Waals surface area contributed by atoms with E-state index in [1.807, 2.05) is 41.0 Å². The zero-order chi connectivity index (χ0) is 23.5. The van der Waals surface area contributed by atoms with E-state index in [1.165, 1.54) is 0 Å². The first-order chi connectivity index (χ1) is 15.9. The summed E-state index contributed by atoms with van der Waals surface area (Å²) in [4.78, 5) is 25.5. The summed E-state index contributed by atoms with van der Waals surface area (Å²) in [7, 11) is 0. The number of carboxylic acid groups (broad SMARTS) is 1. The van der Waals surface area contributed by atoms with Crippen molar-refractivity contribution in [3.63, 3.8) is 0 Å². The predicted molar refractivity (Wildman–Crippen MR) is 131 cm³/mol. The molecule has 7 nitrogen and oxygen atoms in total. The Kier molecular flexibility index (Phi) is 6.60. The van der Waals surface area contributed by atoms with Gasteiger partial charge >= 0.3 is 5.97 Å². The van der Waals surface area contributed by atoms with E-state index in [1.54, 1.807) is 18.2 Å². The summed E-state index contributed by atoms with van der Waals surface area (Å²) in [5.41, 5.74) is 8.24. The molecule has 0 amide bonds. The van der Waals surface area contributed by atoms with Gasteiger partial charge in [-0.3, -0.25) is 20.3 Å². The number of amidine groups is 1. The van der Waals surface area contributed by atoms with Crippen molar-refractivity contribution in [2.45, 2.75) is 57.2 Å². The average Bonchev–Trinajstić information content (AvgIpc) is 3.31. The van der Waals surface area contributed by atoms with Crippen LogP contribution < -0.4 is 16.6 Å². The highest BCUT2D eigenvalue weighted by Gasteiger charge is 2.35. The number of hydrogen-bond acceptors (Lipinski definition) is 4. The summed E-state index contributed by atoms with van der Waals surface area (Å²) in [6, 6.07) is 16.0. The lowest BCUT2D eigenvalue weighted by atomic mass is 9.97. The summed E-state index contributed by atoms with van der Waals surface area (Å²) in [5.74, 6) is -0.896. The van der Waals surface area contributed by atoms with Gasteiger partial charge in [0, 0.05) is 17.2 Å². The third-order valence-corrected chi connectivity index (χ3v) is 6.56. The number of hydrogen-bond donors (Lipinski definition) is 4. The van der Waals surface area contributed by atoms with Gasteiger partial charge in [-0.1, -0.05) is 56.2 Å². The van der Waals surface area contributed by atoms with Gasteiger partial charge in [0.2, 0.25) is 0 Å². The molecule has 1 fully saturated rings. The van der Waals surface area contributed by atoms with Crippen LogP contribution in [0.15, 0.2) is 59.4 Å². The molecule has 2 aromatic carbocycles. The molecule has 33 heavy (non-hydrogen) atoms. The molecule has 3 aromatic rings. The van der Waals surface area contributed by atoms with E-state index in [-0.39, 0.29) is 23.5 Å². The van der Waals surface area contributed by atoms with Crippen molar-refractivity contribution < 1.29 is 9.90 Å². The molecule has 172 valence electrons. The molecular weight excluding hydrogens is 416 g/mol. The molecule has 7 heteroatoms. The minimum absolute atomic E-state index is 0.0475. The minimum atomic E-state index is -0.848. The molecule has 0 saturated carbocycles. The number of fused-ring (bicyclic) bond motifs is 1. The highest BCUT2D eigenvalue weighted by molar-refractivity contribution is 5.96. The number of aliphatic carboxylic acids is 1. The Hall–Kier alpha value is -3.45. The lowest BCUT2D eigenvalue weighted by Crippen LogP contribution is -2.42. The van der Waals surface area contributed by atoms with Gasteiger partial charge in [-0.05, 0) is 48.4 Å². The second-order valence-electron chi connectivity index (χ2n) is 8.74. The molecule has 0 spiro atoms. The van der Waals surface area contributed by atoms with Crippen molar-refractivity contribution >= 4 is 22.7 Å². The van der Waals surface area contributed by atoms with E-state index in [9.17, 15) is 14.7 Å². The molecule has 1 aliphatic heterocycles. The molecule has 0 radical (unpaired) electrons. The topological polar surface area (TPSA) is 121 Å². The molecule has 4 rings (SSSR count). The first kappa shape index (κ1) is 22.7. The standard InChI is InChI=1S/C26H30N4O3/c1-2-3-10-23(20-12-13-21(29-20)26(32)33)30-22-11-5-4-7-17(22)15-19(25(30)31)16-8-6-9-18(14-16)24(27)28/h4-9,11,14-15,20-21,23,29H,2-3,10,12-13H2,1H3,(H3,27,28)(H,32,33). The molecule has 1 aliphatic rings. The summed E-state index contributed by atoms with van der Waals surface area (Å²) < 4.78 is 1.86.